The summed E-state index contributed by atoms with van der Waals surface area (Å²) >= 11 is 0. The highest BCUT2D eigenvalue weighted by Gasteiger charge is 2.72. The van der Waals surface area contributed by atoms with Crippen LogP contribution in [0, 0.1) is 56.2 Å². The maximum absolute atomic E-state index is 15.0. The number of Topliss-reactive ketones (excluding diaryl/α,β-unsaturated/α-hetero) is 2. The molecule has 4 saturated carbocycles. The lowest BCUT2D eigenvalue weighted by Crippen LogP contribution is -2.67. The molecule has 9 atom stereocenters. The minimum atomic E-state index is -1.66. The Kier molecular flexibility index (Phi) is 9.17. The van der Waals surface area contributed by atoms with Crippen molar-refractivity contribution >= 4 is 29.5 Å². The Balaban J connectivity index is 1.44. The van der Waals surface area contributed by atoms with Crippen LogP contribution in [-0.2, 0) is 42.9 Å². The summed E-state index contributed by atoms with van der Waals surface area (Å²) in [4.78, 5) is 67.4. The first kappa shape index (κ1) is 37.0. The van der Waals surface area contributed by atoms with E-state index in [1.165, 1.54) is 6.92 Å². The molecule has 0 unspecified atom stereocenters. The molecule has 0 N–H and O–H groups in total. The molecule has 0 aromatic carbocycles. The molecule has 9 nitrogen and oxygen atoms in total. The van der Waals surface area contributed by atoms with Gasteiger partial charge in [0.1, 0.15) is 11.5 Å². The zero-order chi connectivity index (χ0) is 35.9. The lowest BCUT2D eigenvalue weighted by molar-refractivity contribution is -0.237. The first-order chi connectivity index (χ1) is 22.0. The predicted octanol–water partition coefficient (Wildman–Crippen LogP) is 7.02. The standard InChI is InChI=1S/C39H60O9/c1-23(2)39(21-47-39)28(41)20-38(32(44)46-22-45-31(43)33(4,5)6)19-18-36(10)25(30(38)42)12-13-27-35(9)16-15-29(48-24(3)40)34(7,8)26(35)14-17-37(27,36)11/h23,25-27,29H,12-22H2,1-11H3/t25-,26+,27-,29+,35+,36-,37-,38-,39-/m1/s1. The maximum atomic E-state index is 15.0. The van der Waals surface area contributed by atoms with Crippen molar-refractivity contribution in [1.82, 2.24) is 0 Å². The first-order valence-electron chi connectivity index (χ1n) is 18.3. The fourth-order valence-corrected chi connectivity index (χ4v) is 11.4. The summed E-state index contributed by atoms with van der Waals surface area (Å²) in [5, 5.41) is 0. The van der Waals surface area contributed by atoms with Gasteiger partial charge in [-0.25, -0.2) is 0 Å². The van der Waals surface area contributed by atoms with E-state index in [-0.39, 0.29) is 70.7 Å². The molecule has 48 heavy (non-hydrogen) atoms. The number of esters is 3. The number of epoxide rings is 1. The van der Waals surface area contributed by atoms with Gasteiger partial charge in [-0.2, -0.15) is 0 Å². The van der Waals surface area contributed by atoms with Gasteiger partial charge in [-0.1, -0.05) is 48.5 Å². The van der Waals surface area contributed by atoms with Crippen molar-refractivity contribution in [3.05, 3.63) is 0 Å². The Morgan fingerprint density at radius 1 is 0.854 bits per heavy atom. The van der Waals surface area contributed by atoms with Gasteiger partial charge < -0.3 is 18.9 Å². The molecule has 0 aromatic heterocycles. The zero-order valence-corrected chi connectivity index (χ0v) is 31.3. The Bertz CT molecular complexity index is 1350. The van der Waals surface area contributed by atoms with E-state index >= 15 is 4.79 Å². The van der Waals surface area contributed by atoms with Crippen LogP contribution < -0.4 is 0 Å². The van der Waals surface area contributed by atoms with Crippen LogP contribution in [0.2, 0.25) is 0 Å². The topological polar surface area (TPSA) is 126 Å². The molecule has 0 amide bonds. The molecular formula is C39H60O9. The van der Waals surface area contributed by atoms with Gasteiger partial charge in [0.15, 0.2) is 17.2 Å². The van der Waals surface area contributed by atoms with Crippen molar-refractivity contribution in [3.63, 3.8) is 0 Å². The molecule has 0 spiro atoms. The van der Waals surface area contributed by atoms with Crippen LogP contribution in [0.1, 0.15) is 134 Å². The van der Waals surface area contributed by atoms with Gasteiger partial charge in [0.2, 0.25) is 6.79 Å². The summed E-state index contributed by atoms with van der Waals surface area (Å²) < 4.78 is 22.4. The SMILES string of the molecule is CC(=O)O[C@H]1CC[C@]2(C)[C@H]3CC[C@@H]4C(=O)[C@@](CC(=O)[C@]5(C(C)C)CO5)(C(=O)OCOC(=O)C(C)(C)C)CC[C@@]4(C)[C@]3(C)CC[C@H]2C1(C)C. The molecule has 5 aliphatic rings. The maximum Gasteiger partial charge on any atom is 0.322 e. The quantitative estimate of drug-likeness (QED) is 0.116. The van der Waals surface area contributed by atoms with Crippen molar-refractivity contribution in [2.45, 2.75) is 146 Å². The normalized spacial score (nSPS) is 41.7. The second-order valence-electron chi connectivity index (χ2n) is 18.7. The molecule has 4 aliphatic carbocycles. The number of carbonyl (C=O) groups excluding carboxylic acids is 5. The van der Waals surface area contributed by atoms with Crippen LogP contribution >= 0.6 is 0 Å². The molecule has 1 saturated heterocycles. The summed E-state index contributed by atoms with van der Waals surface area (Å²) in [6.07, 6.45) is 5.62. The van der Waals surface area contributed by atoms with E-state index < -0.39 is 41.1 Å². The van der Waals surface area contributed by atoms with Crippen LogP contribution in [-0.4, -0.2) is 54.6 Å². The van der Waals surface area contributed by atoms with E-state index in [4.69, 9.17) is 18.9 Å². The molecule has 9 heteroatoms. The van der Waals surface area contributed by atoms with Crippen molar-refractivity contribution < 1.29 is 42.9 Å². The molecule has 1 heterocycles. The van der Waals surface area contributed by atoms with E-state index in [1.54, 1.807) is 20.8 Å². The van der Waals surface area contributed by atoms with E-state index in [0.29, 0.717) is 24.7 Å². The largest absolute Gasteiger partial charge is 0.462 e. The van der Waals surface area contributed by atoms with Crippen LogP contribution in [0.15, 0.2) is 0 Å². The number of carbonyl (C=O) groups is 5. The second-order valence-corrected chi connectivity index (χ2v) is 18.7. The molecule has 270 valence electrons. The minimum Gasteiger partial charge on any atom is -0.462 e. The molecular weight excluding hydrogens is 612 g/mol. The van der Waals surface area contributed by atoms with Gasteiger partial charge in [-0.15, -0.1) is 0 Å². The summed E-state index contributed by atoms with van der Waals surface area (Å²) in [5.41, 5.74) is -4.13. The number of hydrogen-bond acceptors (Lipinski definition) is 9. The smallest absolute Gasteiger partial charge is 0.322 e. The fourth-order valence-electron chi connectivity index (χ4n) is 11.4. The summed E-state index contributed by atoms with van der Waals surface area (Å²) in [5.74, 6) is -1.75. The third-order valence-corrected chi connectivity index (χ3v) is 14.7. The first-order valence-corrected chi connectivity index (χ1v) is 18.3. The Hall–Kier alpha value is -2.29. The highest BCUT2D eigenvalue weighted by atomic mass is 16.7. The van der Waals surface area contributed by atoms with Crippen LogP contribution in [0.4, 0.5) is 0 Å². The van der Waals surface area contributed by atoms with Crippen molar-refractivity contribution in [3.8, 4) is 0 Å². The summed E-state index contributed by atoms with van der Waals surface area (Å²) in [6, 6.07) is 0. The van der Waals surface area contributed by atoms with Gasteiger partial charge >= 0.3 is 17.9 Å². The van der Waals surface area contributed by atoms with Crippen molar-refractivity contribution in [2.24, 2.45) is 56.2 Å². The van der Waals surface area contributed by atoms with Crippen LogP contribution in [0.3, 0.4) is 0 Å². The number of ketones is 2. The van der Waals surface area contributed by atoms with E-state index in [1.807, 2.05) is 13.8 Å². The average Bonchev–Trinajstić information content (AvgIpc) is 3.79. The van der Waals surface area contributed by atoms with Gasteiger partial charge in [0.25, 0.3) is 0 Å². The number of hydrogen-bond donors (Lipinski definition) is 0. The number of rotatable bonds is 8. The molecule has 0 aromatic rings. The molecule has 5 fully saturated rings. The summed E-state index contributed by atoms with van der Waals surface area (Å²) in [7, 11) is 0. The highest BCUT2D eigenvalue weighted by molar-refractivity contribution is 6.10. The zero-order valence-electron chi connectivity index (χ0n) is 31.3. The fraction of sp³-hybridized carbons (Fsp3) is 0.872. The van der Waals surface area contributed by atoms with Crippen molar-refractivity contribution in [1.29, 1.82) is 0 Å². The molecule has 0 bridgehead atoms. The number of fused-ring (bicyclic) bond motifs is 5. The van der Waals surface area contributed by atoms with Crippen LogP contribution in [0.5, 0.6) is 0 Å². The Morgan fingerprint density at radius 3 is 2.06 bits per heavy atom. The lowest BCUT2D eigenvalue weighted by atomic mass is 9.33. The highest BCUT2D eigenvalue weighted by Crippen LogP contribution is 2.74. The molecule has 1 aliphatic heterocycles. The van der Waals surface area contributed by atoms with Gasteiger partial charge in [0.05, 0.1) is 12.0 Å². The second kappa shape index (κ2) is 11.9. The third-order valence-electron chi connectivity index (χ3n) is 14.7. The van der Waals surface area contributed by atoms with Crippen LogP contribution in [0.25, 0.3) is 0 Å². The Morgan fingerprint density at radius 2 is 1.50 bits per heavy atom. The Labute approximate surface area is 287 Å². The predicted molar refractivity (Wildman–Crippen MR) is 178 cm³/mol. The average molecular weight is 673 g/mol. The van der Waals surface area contributed by atoms with E-state index in [2.05, 4.69) is 34.6 Å². The van der Waals surface area contributed by atoms with Gasteiger partial charge in [-0.3, -0.25) is 24.0 Å². The third kappa shape index (κ3) is 5.47. The van der Waals surface area contributed by atoms with E-state index in [0.717, 1.165) is 32.1 Å². The monoisotopic (exact) mass is 672 g/mol. The van der Waals surface area contributed by atoms with E-state index in [9.17, 15) is 19.2 Å². The number of ether oxygens (including phenoxy) is 4. The molecule has 5 rings (SSSR count). The minimum absolute atomic E-state index is 0.0114. The lowest BCUT2D eigenvalue weighted by Gasteiger charge is -2.71. The summed E-state index contributed by atoms with van der Waals surface area (Å²) in [6.45, 7) is 21.7. The molecule has 0 radical (unpaired) electrons. The van der Waals surface area contributed by atoms with Gasteiger partial charge in [0, 0.05) is 24.7 Å². The van der Waals surface area contributed by atoms with Crippen molar-refractivity contribution in [2.75, 3.05) is 13.4 Å². The van der Waals surface area contributed by atoms with Gasteiger partial charge in [-0.05, 0) is 106 Å².